The predicted molar refractivity (Wildman–Crippen MR) is 56.6 cm³/mol. The summed E-state index contributed by atoms with van der Waals surface area (Å²) in [7, 11) is 0. The molecule has 0 spiro atoms. The van der Waals surface area contributed by atoms with Crippen LogP contribution in [0.1, 0.15) is 20.7 Å². The summed E-state index contributed by atoms with van der Waals surface area (Å²) in [5.74, 6) is -0.605. The van der Waals surface area contributed by atoms with Crippen molar-refractivity contribution in [3.05, 3.63) is 47.5 Å². The minimum Gasteiger partial charge on any atom is -0.270 e. The average molecular weight is 212 g/mol. The van der Waals surface area contributed by atoms with Crippen molar-refractivity contribution >= 4 is 11.8 Å². The number of benzene rings is 1. The summed E-state index contributed by atoms with van der Waals surface area (Å²) in [6, 6.07) is 8.51. The van der Waals surface area contributed by atoms with E-state index in [-0.39, 0.29) is 18.4 Å². The smallest absolute Gasteiger partial charge is 0.261 e. The maximum absolute atomic E-state index is 11.8. The summed E-state index contributed by atoms with van der Waals surface area (Å²) in [6.45, 7) is 0.139. The number of amides is 2. The summed E-state index contributed by atoms with van der Waals surface area (Å²) in [5, 5.41) is 8.32. The number of nitriles is 1. The minimum atomic E-state index is -0.303. The zero-order chi connectivity index (χ0) is 11.5. The van der Waals surface area contributed by atoms with E-state index in [1.54, 1.807) is 24.3 Å². The van der Waals surface area contributed by atoms with E-state index in [0.29, 0.717) is 11.1 Å². The third kappa shape index (κ3) is 1.48. The molecule has 4 heteroatoms. The van der Waals surface area contributed by atoms with Crippen molar-refractivity contribution in [2.75, 3.05) is 6.54 Å². The molecule has 2 amide bonds. The fourth-order valence-electron chi connectivity index (χ4n) is 1.62. The molecule has 1 heterocycles. The molecule has 1 aromatic rings. The highest BCUT2D eigenvalue weighted by Crippen LogP contribution is 2.21. The molecule has 0 bridgehead atoms. The zero-order valence-corrected chi connectivity index (χ0v) is 8.38. The molecule has 0 saturated carbocycles. The van der Waals surface area contributed by atoms with Gasteiger partial charge in [0.25, 0.3) is 11.8 Å². The molecule has 2 rings (SSSR count). The fraction of sp³-hybridized carbons (Fsp3) is 0.0833. The Bertz CT molecular complexity index is 491. The quantitative estimate of drug-likeness (QED) is 0.549. The summed E-state index contributed by atoms with van der Waals surface area (Å²) in [5.41, 5.74) is 0.857. The fourth-order valence-corrected chi connectivity index (χ4v) is 1.62. The minimum absolute atomic E-state index is 0.139. The second kappa shape index (κ2) is 3.99. The molecule has 0 fully saturated rings. The van der Waals surface area contributed by atoms with Gasteiger partial charge in [0.05, 0.1) is 17.2 Å². The topological polar surface area (TPSA) is 61.2 Å². The lowest BCUT2D eigenvalue weighted by atomic mass is 10.1. The van der Waals surface area contributed by atoms with Gasteiger partial charge in [-0.2, -0.15) is 5.26 Å². The van der Waals surface area contributed by atoms with E-state index in [1.807, 2.05) is 6.07 Å². The highest BCUT2D eigenvalue weighted by atomic mass is 16.2. The largest absolute Gasteiger partial charge is 0.270 e. The van der Waals surface area contributed by atoms with Gasteiger partial charge in [-0.05, 0) is 12.1 Å². The van der Waals surface area contributed by atoms with Gasteiger partial charge < -0.3 is 0 Å². The number of carbonyl (C=O) groups excluding carboxylic acids is 2. The molecule has 1 aliphatic rings. The van der Waals surface area contributed by atoms with Crippen LogP contribution >= 0.6 is 0 Å². The molecular formula is C12H8N2O2. The lowest BCUT2D eigenvalue weighted by Crippen LogP contribution is -2.29. The first-order valence-corrected chi connectivity index (χ1v) is 4.75. The number of nitrogens with zero attached hydrogens (tertiary/aromatic N) is 2. The van der Waals surface area contributed by atoms with E-state index < -0.39 is 0 Å². The van der Waals surface area contributed by atoms with Gasteiger partial charge in [0.15, 0.2) is 0 Å². The van der Waals surface area contributed by atoms with Crippen molar-refractivity contribution in [3.8, 4) is 6.07 Å². The molecule has 1 aliphatic heterocycles. The predicted octanol–water partition coefficient (Wildman–Crippen LogP) is 1.36. The van der Waals surface area contributed by atoms with Gasteiger partial charge in [0.2, 0.25) is 0 Å². The summed E-state index contributed by atoms with van der Waals surface area (Å²) < 4.78 is 0. The van der Waals surface area contributed by atoms with Gasteiger partial charge in [0.1, 0.15) is 0 Å². The van der Waals surface area contributed by atoms with Crippen molar-refractivity contribution < 1.29 is 9.59 Å². The van der Waals surface area contributed by atoms with E-state index in [0.717, 1.165) is 4.90 Å². The van der Waals surface area contributed by atoms with Crippen LogP contribution in [0.25, 0.3) is 0 Å². The molecule has 0 radical (unpaired) electrons. The van der Waals surface area contributed by atoms with Crippen molar-refractivity contribution in [2.45, 2.75) is 0 Å². The van der Waals surface area contributed by atoms with Crippen LogP contribution in [0.3, 0.4) is 0 Å². The van der Waals surface area contributed by atoms with E-state index in [1.165, 1.54) is 12.2 Å². The van der Waals surface area contributed by atoms with Gasteiger partial charge in [-0.25, -0.2) is 0 Å². The molecule has 0 unspecified atom stereocenters. The van der Waals surface area contributed by atoms with Gasteiger partial charge >= 0.3 is 0 Å². The maximum Gasteiger partial charge on any atom is 0.261 e. The Morgan fingerprint density at radius 1 is 1.19 bits per heavy atom. The number of rotatable bonds is 2. The Labute approximate surface area is 92.4 Å². The van der Waals surface area contributed by atoms with Crippen LogP contribution in [0.4, 0.5) is 0 Å². The van der Waals surface area contributed by atoms with Gasteiger partial charge in [-0.3, -0.25) is 14.5 Å². The Morgan fingerprint density at radius 3 is 2.25 bits per heavy atom. The lowest BCUT2D eigenvalue weighted by molar-refractivity contribution is 0.0672. The van der Waals surface area contributed by atoms with E-state index in [4.69, 9.17) is 5.26 Å². The van der Waals surface area contributed by atoms with E-state index in [2.05, 4.69) is 0 Å². The monoisotopic (exact) mass is 212 g/mol. The molecule has 0 atom stereocenters. The van der Waals surface area contributed by atoms with E-state index >= 15 is 0 Å². The van der Waals surface area contributed by atoms with Crippen molar-refractivity contribution in [1.29, 1.82) is 5.26 Å². The third-order valence-corrected chi connectivity index (χ3v) is 2.36. The Hall–Kier alpha value is -2.41. The van der Waals surface area contributed by atoms with Gasteiger partial charge in [-0.1, -0.05) is 18.2 Å². The van der Waals surface area contributed by atoms with Crippen LogP contribution in [0.2, 0.25) is 0 Å². The molecule has 0 aliphatic carbocycles. The van der Waals surface area contributed by atoms with Crippen molar-refractivity contribution in [1.82, 2.24) is 4.90 Å². The number of fused-ring (bicyclic) bond motifs is 1. The molecule has 0 saturated heterocycles. The van der Waals surface area contributed by atoms with Gasteiger partial charge in [0, 0.05) is 12.6 Å². The first-order valence-electron chi connectivity index (χ1n) is 4.75. The number of carbonyl (C=O) groups is 2. The molecule has 78 valence electrons. The summed E-state index contributed by atoms with van der Waals surface area (Å²) in [4.78, 5) is 24.7. The highest BCUT2D eigenvalue weighted by molar-refractivity contribution is 6.21. The molecule has 1 aromatic carbocycles. The van der Waals surface area contributed by atoms with E-state index in [9.17, 15) is 9.59 Å². The van der Waals surface area contributed by atoms with Crippen LogP contribution < -0.4 is 0 Å². The third-order valence-electron chi connectivity index (χ3n) is 2.36. The lowest BCUT2D eigenvalue weighted by Gasteiger charge is -2.09. The van der Waals surface area contributed by atoms with Crippen LogP contribution in [0, 0.1) is 11.3 Å². The first kappa shape index (κ1) is 10.1. The first-order chi connectivity index (χ1) is 7.75. The molecule has 0 N–H and O–H groups in total. The summed E-state index contributed by atoms with van der Waals surface area (Å²) >= 11 is 0. The molecule has 0 aromatic heterocycles. The Morgan fingerprint density at radius 2 is 1.75 bits per heavy atom. The standard InChI is InChI=1S/C12H8N2O2/c13-7-3-4-8-14-11(15)9-5-1-2-6-10(9)12(14)16/h1-6H,8H2/b4-3+. The number of hydrogen-bond acceptors (Lipinski definition) is 3. The number of allylic oxidation sites excluding steroid dienone is 1. The van der Waals surface area contributed by atoms with Crippen molar-refractivity contribution in [3.63, 3.8) is 0 Å². The zero-order valence-electron chi connectivity index (χ0n) is 8.38. The molecular weight excluding hydrogens is 204 g/mol. The molecule has 4 nitrogen and oxygen atoms in total. The number of imide groups is 1. The average Bonchev–Trinajstić information content (AvgIpc) is 2.55. The second-order valence-corrected chi connectivity index (χ2v) is 3.30. The van der Waals surface area contributed by atoms with Gasteiger partial charge in [-0.15, -0.1) is 0 Å². The Kier molecular flexibility index (Phi) is 2.52. The second-order valence-electron chi connectivity index (χ2n) is 3.30. The maximum atomic E-state index is 11.8. The molecule has 16 heavy (non-hydrogen) atoms. The highest BCUT2D eigenvalue weighted by Gasteiger charge is 2.33. The van der Waals surface area contributed by atoms with Crippen LogP contribution in [0.5, 0.6) is 0 Å². The number of hydrogen-bond donors (Lipinski definition) is 0. The Balaban J connectivity index is 2.29. The van der Waals surface area contributed by atoms with Crippen LogP contribution in [-0.4, -0.2) is 23.3 Å². The van der Waals surface area contributed by atoms with Crippen LogP contribution in [0.15, 0.2) is 36.4 Å². The summed E-state index contributed by atoms with van der Waals surface area (Å²) in [6.07, 6.45) is 2.74. The SMILES string of the molecule is N#C/C=C/CN1C(=O)c2ccccc2C1=O. The van der Waals surface area contributed by atoms with Crippen molar-refractivity contribution in [2.24, 2.45) is 0 Å². The normalized spacial score (nSPS) is 14.3. The van der Waals surface area contributed by atoms with Crippen LogP contribution in [-0.2, 0) is 0 Å².